The highest BCUT2D eigenvalue weighted by Crippen LogP contribution is 2.34. The van der Waals surface area contributed by atoms with Gasteiger partial charge >= 0.3 is 0 Å². The van der Waals surface area contributed by atoms with E-state index in [1.807, 2.05) is 18.2 Å². The minimum atomic E-state index is -0.560. The molecule has 2 aliphatic carbocycles. The van der Waals surface area contributed by atoms with Crippen LogP contribution in [0.15, 0.2) is 36.7 Å². The molecule has 1 amide bonds. The predicted octanol–water partition coefficient (Wildman–Crippen LogP) is 4.84. The van der Waals surface area contributed by atoms with Crippen LogP contribution < -0.4 is 5.32 Å². The Balaban J connectivity index is 1.48. The van der Waals surface area contributed by atoms with Crippen molar-refractivity contribution in [1.82, 2.24) is 24.4 Å². The van der Waals surface area contributed by atoms with E-state index in [4.69, 9.17) is 0 Å². The number of rotatable bonds is 4. The Bertz CT molecular complexity index is 1410. The molecule has 2 saturated carbocycles. The lowest BCUT2D eigenvalue weighted by Crippen LogP contribution is -2.23. The second kappa shape index (κ2) is 8.30. The molecule has 0 spiro atoms. The van der Waals surface area contributed by atoms with Crippen molar-refractivity contribution in [2.45, 2.75) is 51.4 Å². The van der Waals surface area contributed by atoms with Crippen LogP contribution in [0.1, 0.15) is 56.2 Å². The lowest BCUT2D eigenvalue weighted by molar-refractivity contribution is -0.119. The number of nitrogens with one attached hydrogen (secondary N) is 1. The number of nitrogens with zero attached hydrogens (tertiary/aromatic N) is 5. The summed E-state index contributed by atoms with van der Waals surface area (Å²) in [5, 5.41) is 11.9. The molecule has 2 fully saturated rings. The third-order valence-corrected chi connectivity index (χ3v) is 7.17. The van der Waals surface area contributed by atoms with E-state index in [1.54, 1.807) is 16.9 Å². The fraction of sp³-hybridized carbons (Fsp3) is 0.400. The zero-order valence-electron chi connectivity index (χ0n) is 18.7. The number of aromatic nitrogens is 5. The molecule has 4 heterocycles. The monoisotopic (exact) mass is 460 g/mol. The minimum Gasteiger partial charge on any atom is -0.308 e. The van der Waals surface area contributed by atoms with Crippen molar-refractivity contribution < 1.29 is 14.0 Å². The van der Waals surface area contributed by atoms with Gasteiger partial charge in [0, 0.05) is 23.6 Å². The fourth-order valence-electron chi connectivity index (χ4n) is 5.32. The van der Waals surface area contributed by atoms with Gasteiger partial charge in [-0.05, 0) is 43.9 Å². The van der Waals surface area contributed by atoms with Crippen molar-refractivity contribution in [3.8, 4) is 11.3 Å². The molecule has 1 N–H and O–H groups in total. The van der Waals surface area contributed by atoms with E-state index in [0.717, 1.165) is 51.4 Å². The van der Waals surface area contributed by atoms with Crippen molar-refractivity contribution in [2.75, 3.05) is 5.32 Å². The van der Waals surface area contributed by atoms with Gasteiger partial charge in [-0.2, -0.15) is 9.78 Å². The molecule has 0 atom stereocenters. The molecule has 0 saturated heterocycles. The summed E-state index contributed by atoms with van der Waals surface area (Å²) in [4.78, 5) is 30.7. The Morgan fingerprint density at radius 3 is 2.53 bits per heavy atom. The Morgan fingerprint density at radius 1 is 1.03 bits per heavy atom. The summed E-state index contributed by atoms with van der Waals surface area (Å²) in [7, 11) is 0. The Labute approximate surface area is 195 Å². The molecule has 9 heteroatoms. The summed E-state index contributed by atoms with van der Waals surface area (Å²) in [5.74, 6) is -0.889. The van der Waals surface area contributed by atoms with Gasteiger partial charge in [0.1, 0.15) is 5.69 Å². The molecule has 6 rings (SSSR count). The van der Waals surface area contributed by atoms with E-state index >= 15 is 4.39 Å². The summed E-state index contributed by atoms with van der Waals surface area (Å²) in [5.41, 5.74) is 1.59. The average molecular weight is 461 g/mol. The number of fused-ring (bicyclic) bond motifs is 2. The standard InChI is InChI=1S/C25H25FN6O2/c26-19-13-17-22(29-24(33)15-7-1-2-8-15)30-32(25(34)16-9-3-4-10-16)23(17)28-21(19)18-14-27-31-12-6-5-11-20(18)31/h5-6,11-16H,1-4,7-10H2,(H,29,30,33). The van der Waals surface area contributed by atoms with Gasteiger partial charge in [0.2, 0.25) is 5.91 Å². The maximum absolute atomic E-state index is 15.4. The van der Waals surface area contributed by atoms with Crippen molar-refractivity contribution in [3.05, 3.63) is 42.5 Å². The number of hydrogen-bond acceptors (Lipinski definition) is 5. The van der Waals surface area contributed by atoms with E-state index in [2.05, 4.69) is 20.5 Å². The van der Waals surface area contributed by atoms with Gasteiger partial charge in [-0.3, -0.25) is 9.59 Å². The molecule has 2 aliphatic rings. The van der Waals surface area contributed by atoms with E-state index < -0.39 is 5.82 Å². The van der Waals surface area contributed by atoms with Crippen molar-refractivity contribution >= 4 is 34.2 Å². The number of amides is 1. The van der Waals surface area contributed by atoms with E-state index in [1.165, 1.54) is 10.7 Å². The fourth-order valence-corrected chi connectivity index (χ4v) is 5.32. The molecular weight excluding hydrogens is 435 g/mol. The molecule has 8 nitrogen and oxygen atoms in total. The molecule has 0 aromatic carbocycles. The van der Waals surface area contributed by atoms with Gasteiger partial charge in [-0.25, -0.2) is 13.9 Å². The summed E-state index contributed by atoms with van der Waals surface area (Å²) < 4.78 is 18.3. The van der Waals surface area contributed by atoms with Gasteiger partial charge in [0.25, 0.3) is 5.91 Å². The van der Waals surface area contributed by atoms with Crippen LogP contribution >= 0.6 is 0 Å². The van der Waals surface area contributed by atoms with Crippen LogP contribution in [0.2, 0.25) is 0 Å². The highest BCUT2D eigenvalue weighted by molar-refractivity contribution is 6.03. The van der Waals surface area contributed by atoms with E-state index in [9.17, 15) is 9.59 Å². The second-order valence-electron chi connectivity index (χ2n) is 9.33. The lowest BCUT2D eigenvalue weighted by atomic mass is 10.1. The van der Waals surface area contributed by atoms with Crippen LogP contribution in [-0.4, -0.2) is 36.2 Å². The van der Waals surface area contributed by atoms with Crippen molar-refractivity contribution in [2.24, 2.45) is 11.8 Å². The summed E-state index contributed by atoms with van der Waals surface area (Å²) in [6.45, 7) is 0. The van der Waals surface area contributed by atoms with Gasteiger partial charge < -0.3 is 5.32 Å². The van der Waals surface area contributed by atoms with Crippen molar-refractivity contribution in [3.63, 3.8) is 0 Å². The molecule has 0 aliphatic heterocycles. The SMILES string of the molecule is O=C(Nc1nn(C(=O)C2CCCC2)c2nc(-c3cnn4ccccc34)c(F)cc12)C1CCCC1. The smallest absolute Gasteiger partial charge is 0.252 e. The van der Waals surface area contributed by atoms with Crippen LogP contribution in [0, 0.1) is 17.7 Å². The quantitative estimate of drug-likeness (QED) is 0.470. The number of hydrogen-bond donors (Lipinski definition) is 1. The minimum absolute atomic E-state index is 0.0819. The first-order valence-electron chi connectivity index (χ1n) is 12.0. The Hall–Kier alpha value is -3.62. The first-order chi connectivity index (χ1) is 16.6. The molecular formula is C25H25FN6O2. The lowest BCUT2D eigenvalue weighted by Gasteiger charge is -2.09. The van der Waals surface area contributed by atoms with Gasteiger partial charge in [-0.15, -0.1) is 5.10 Å². The number of halogens is 1. The molecule has 174 valence electrons. The zero-order valence-corrected chi connectivity index (χ0v) is 18.7. The van der Waals surface area contributed by atoms with Crippen LogP contribution in [0.5, 0.6) is 0 Å². The predicted molar refractivity (Wildman–Crippen MR) is 125 cm³/mol. The third-order valence-electron chi connectivity index (χ3n) is 7.17. The maximum atomic E-state index is 15.4. The van der Waals surface area contributed by atoms with Gasteiger partial charge in [0.05, 0.1) is 17.1 Å². The first-order valence-corrected chi connectivity index (χ1v) is 12.0. The summed E-state index contributed by atoms with van der Waals surface area (Å²) >= 11 is 0. The normalized spacial score (nSPS) is 17.2. The third kappa shape index (κ3) is 3.46. The Kier molecular flexibility index (Phi) is 5.12. The average Bonchev–Trinajstić information content (AvgIpc) is 3.65. The van der Waals surface area contributed by atoms with E-state index in [-0.39, 0.29) is 40.8 Å². The molecule has 0 unspecified atom stereocenters. The topological polar surface area (TPSA) is 94.2 Å². The molecule has 34 heavy (non-hydrogen) atoms. The van der Waals surface area contributed by atoms with Crippen molar-refractivity contribution in [1.29, 1.82) is 0 Å². The number of anilines is 1. The molecule has 0 bridgehead atoms. The highest BCUT2D eigenvalue weighted by atomic mass is 19.1. The maximum Gasteiger partial charge on any atom is 0.252 e. The van der Waals surface area contributed by atoms with Crippen LogP contribution in [0.25, 0.3) is 27.8 Å². The number of carbonyl (C=O) groups is 2. The van der Waals surface area contributed by atoms with Crippen LogP contribution in [0.3, 0.4) is 0 Å². The first kappa shape index (κ1) is 20.9. The van der Waals surface area contributed by atoms with Gasteiger partial charge in [-0.1, -0.05) is 31.7 Å². The summed E-state index contributed by atoms with van der Waals surface area (Å²) in [6.07, 6.45) is 10.6. The zero-order chi connectivity index (χ0) is 23.2. The molecule has 0 radical (unpaired) electrons. The Morgan fingerprint density at radius 2 is 1.76 bits per heavy atom. The van der Waals surface area contributed by atoms with Crippen LogP contribution in [0.4, 0.5) is 10.2 Å². The molecule has 4 aromatic heterocycles. The second-order valence-corrected chi connectivity index (χ2v) is 9.33. The van der Waals surface area contributed by atoms with E-state index in [0.29, 0.717) is 16.5 Å². The number of pyridine rings is 2. The van der Waals surface area contributed by atoms with Gasteiger partial charge in [0.15, 0.2) is 17.3 Å². The largest absolute Gasteiger partial charge is 0.308 e. The molecule has 4 aromatic rings. The summed E-state index contributed by atoms with van der Waals surface area (Å²) in [6, 6.07) is 6.84. The van der Waals surface area contributed by atoms with Crippen LogP contribution in [-0.2, 0) is 4.79 Å². The number of carbonyl (C=O) groups excluding carboxylic acids is 2. The highest BCUT2D eigenvalue weighted by Gasteiger charge is 2.30.